The minimum Gasteiger partial charge on any atom is -0.497 e. The van der Waals surface area contributed by atoms with Gasteiger partial charge in [0.05, 0.1) is 13.2 Å². The van der Waals surface area contributed by atoms with Crippen molar-refractivity contribution in [1.29, 1.82) is 0 Å². The molecule has 32 heavy (non-hydrogen) atoms. The molecule has 0 bridgehead atoms. The van der Waals surface area contributed by atoms with E-state index in [4.69, 9.17) is 4.74 Å². The fourth-order valence-corrected chi connectivity index (χ4v) is 4.66. The van der Waals surface area contributed by atoms with Crippen LogP contribution in [0.5, 0.6) is 5.75 Å². The van der Waals surface area contributed by atoms with E-state index in [1.54, 1.807) is 7.11 Å². The van der Waals surface area contributed by atoms with E-state index in [2.05, 4.69) is 50.5 Å². The number of benzene rings is 2. The van der Waals surface area contributed by atoms with E-state index in [9.17, 15) is 4.79 Å². The zero-order chi connectivity index (χ0) is 22.1. The Morgan fingerprint density at radius 1 is 1.22 bits per heavy atom. The summed E-state index contributed by atoms with van der Waals surface area (Å²) in [4.78, 5) is 21.9. The first kappa shape index (κ1) is 20.3. The van der Waals surface area contributed by atoms with Crippen LogP contribution >= 0.6 is 0 Å². The summed E-state index contributed by atoms with van der Waals surface area (Å²) in [5.74, 6) is 0.812. The van der Waals surface area contributed by atoms with Crippen LogP contribution in [0.15, 0.2) is 67.0 Å². The smallest absolute Gasteiger partial charge is 0.221 e. The minimum atomic E-state index is -0.0617. The van der Waals surface area contributed by atoms with Gasteiger partial charge in [-0.15, -0.1) is 0 Å². The van der Waals surface area contributed by atoms with Crippen molar-refractivity contribution in [1.82, 2.24) is 14.9 Å². The molecule has 2 aromatic heterocycles. The van der Waals surface area contributed by atoms with Gasteiger partial charge in [-0.1, -0.05) is 18.2 Å². The standard InChI is InChI=1S/C26H26N4O2/c1-17(31)28-20-7-5-18(6-8-20)16-30-13-11-22-23-14-21(32-2)9-10-24(23)29-25(22)26(30)19-4-3-12-27-15-19/h3-10,12,14-15,26,29H,11,13,16H2,1-2H3,(H,28,31). The van der Waals surface area contributed by atoms with Gasteiger partial charge in [0.15, 0.2) is 0 Å². The first-order chi connectivity index (χ1) is 15.6. The molecule has 3 heterocycles. The number of fused-ring (bicyclic) bond motifs is 3. The van der Waals surface area contributed by atoms with Crippen molar-refractivity contribution < 1.29 is 9.53 Å². The highest BCUT2D eigenvalue weighted by Gasteiger charge is 2.32. The maximum absolute atomic E-state index is 11.3. The molecule has 2 N–H and O–H groups in total. The lowest BCUT2D eigenvalue weighted by molar-refractivity contribution is -0.114. The third kappa shape index (κ3) is 3.85. The van der Waals surface area contributed by atoms with Gasteiger partial charge in [-0.2, -0.15) is 0 Å². The van der Waals surface area contributed by atoms with Gasteiger partial charge in [0, 0.05) is 54.7 Å². The predicted molar refractivity (Wildman–Crippen MR) is 126 cm³/mol. The molecule has 0 aliphatic carbocycles. The van der Waals surface area contributed by atoms with Gasteiger partial charge in [-0.3, -0.25) is 14.7 Å². The van der Waals surface area contributed by atoms with Crippen LogP contribution in [0.2, 0.25) is 0 Å². The van der Waals surface area contributed by atoms with Gasteiger partial charge in [0.2, 0.25) is 5.91 Å². The lowest BCUT2D eigenvalue weighted by atomic mass is 9.92. The van der Waals surface area contributed by atoms with Gasteiger partial charge in [0.25, 0.3) is 0 Å². The summed E-state index contributed by atoms with van der Waals surface area (Å²) in [6, 6.07) is 18.5. The summed E-state index contributed by atoms with van der Waals surface area (Å²) in [5, 5.41) is 4.06. The van der Waals surface area contributed by atoms with E-state index in [0.29, 0.717) is 0 Å². The molecule has 162 valence electrons. The van der Waals surface area contributed by atoms with Crippen molar-refractivity contribution in [3.8, 4) is 5.75 Å². The zero-order valence-corrected chi connectivity index (χ0v) is 18.3. The summed E-state index contributed by atoms with van der Waals surface area (Å²) in [5.41, 5.74) is 6.89. The van der Waals surface area contributed by atoms with Crippen LogP contribution in [0.1, 0.15) is 35.3 Å². The largest absolute Gasteiger partial charge is 0.497 e. The van der Waals surface area contributed by atoms with E-state index >= 15 is 0 Å². The highest BCUT2D eigenvalue weighted by Crippen LogP contribution is 2.39. The Bertz CT molecular complexity index is 1250. The van der Waals surface area contributed by atoms with Crippen molar-refractivity contribution in [3.63, 3.8) is 0 Å². The van der Waals surface area contributed by atoms with Crippen molar-refractivity contribution in [3.05, 3.63) is 89.4 Å². The molecule has 0 saturated heterocycles. The summed E-state index contributed by atoms with van der Waals surface area (Å²) in [6.07, 6.45) is 4.73. The number of ether oxygens (including phenoxy) is 1. The Labute approximate surface area is 187 Å². The van der Waals surface area contributed by atoms with E-state index in [0.717, 1.165) is 36.5 Å². The molecule has 0 spiro atoms. The van der Waals surface area contributed by atoms with Crippen molar-refractivity contribution >= 4 is 22.5 Å². The van der Waals surface area contributed by atoms with Crippen LogP contribution in [-0.4, -0.2) is 34.4 Å². The first-order valence-corrected chi connectivity index (χ1v) is 10.8. The number of aromatic nitrogens is 2. The van der Waals surface area contributed by atoms with Crippen LogP contribution in [0, 0.1) is 0 Å². The SMILES string of the molecule is COc1ccc2[nH]c3c(c2c1)CCN(Cc1ccc(NC(C)=O)cc1)C3c1cccnc1. The summed E-state index contributed by atoms with van der Waals surface area (Å²) < 4.78 is 5.47. The third-order valence-electron chi connectivity index (χ3n) is 6.09. The summed E-state index contributed by atoms with van der Waals surface area (Å²) in [6.45, 7) is 3.26. The fourth-order valence-electron chi connectivity index (χ4n) is 4.66. The summed E-state index contributed by atoms with van der Waals surface area (Å²) >= 11 is 0. The minimum absolute atomic E-state index is 0.0617. The second-order valence-corrected chi connectivity index (χ2v) is 8.22. The molecule has 5 rings (SSSR count). The highest BCUT2D eigenvalue weighted by atomic mass is 16.5. The Hall–Kier alpha value is -3.64. The molecule has 2 aromatic carbocycles. The molecular formula is C26H26N4O2. The summed E-state index contributed by atoms with van der Waals surface area (Å²) in [7, 11) is 1.71. The molecule has 6 heteroatoms. The maximum atomic E-state index is 11.3. The third-order valence-corrected chi connectivity index (χ3v) is 6.09. The second-order valence-electron chi connectivity index (χ2n) is 8.22. The van der Waals surface area contributed by atoms with Crippen LogP contribution in [0.25, 0.3) is 10.9 Å². The van der Waals surface area contributed by atoms with Crippen LogP contribution < -0.4 is 10.1 Å². The molecule has 1 aliphatic rings. The Kier molecular flexibility index (Phi) is 5.37. The Morgan fingerprint density at radius 2 is 2.06 bits per heavy atom. The number of anilines is 1. The van der Waals surface area contributed by atoms with Gasteiger partial charge in [0.1, 0.15) is 5.75 Å². The quantitative estimate of drug-likeness (QED) is 0.486. The number of aromatic amines is 1. The number of nitrogens with one attached hydrogen (secondary N) is 2. The van der Waals surface area contributed by atoms with Crippen molar-refractivity contribution in [2.75, 3.05) is 19.0 Å². The fraction of sp³-hybridized carbons (Fsp3) is 0.231. The number of hydrogen-bond acceptors (Lipinski definition) is 4. The number of methoxy groups -OCH3 is 1. The normalized spacial score (nSPS) is 16.0. The van der Waals surface area contributed by atoms with Crippen LogP contribution in [0.4, 0.5) is 5.69 Å². The average molecular weight is 427 g/mol. The van der Waals surface area contributed by atoms with E-state index in [1.807, 2.05) is 36.7 Å². The number of H-pyrrole nitrogens is 1. The Balaban J connectivity index is 1.52. The average Bonchev–Trinajstić information content (AvgIpc) is 3.18. The van der Waals surface area contributed by atoms with Crippen LogP contribution in [0.3, 0.4) is 0 Å². The van der Waals surface area contributed by atoms with Crippen LogP contribution in [-0.2, 0) is 17.8 Å². The number of amides is 1. The lowest BCUT2D eigenvalue weighted by Gasteiger charge is -2.36. The molecule has 4 aromatic rings. The molecule has 0 fully saturated rings. The van der Waals surface area contributed by atoms with Gasteiger partial charge >= 0.3 is 0 Å². The molecule has 1 aliphatic heterocycles. The molecule has 6 nitrogen and oxygen atoms in total. The number of rotatable bonds is 5. The zero-order valence-electron chi connectivity index (χ0n) is 18.3. The molecule has 1 atom stereocenters. The van der Waals surface area contributed by atoms with E-state index < -0.39 is 0 Å². The number of carbonyl (C=O) groups is 1. The number of pyridine rings is 1. The second kappa shape index (κ2) is 8.48. The number of hydrogen-bond donors (Lipinski definition) is 2. The van der Waals surface area contributed by atoms with Crippen molar-refractivity contribution in [2.45, 2.75) is 25.9 Å². The number of nitrogens with zero attached hydrogens (tertiary/aromatic N) is 2. The van der Waals surface area contributed by atoms with E-state index in [1.165, 1.54) is 34.7 Å². The molecule has 0 saturated carbocycles. The topological polar surface area (TPSA) is 70.2 Å². The number of carbonyl (C=O) groups excluding carboxylic acids is 1. The van der Waals surface area contributed by atoms with Gasteiger partial charge in [-0.25, -0.2) is 0 Å². The predicted octanol–water partition coefficient (Wildman–Crippen LogP) is 4.68. The van der Waals surface area contributed by atoms with E-state index in [-0.39, 0.29) is 11.9 Å². The Morgan fingerprint density at radius 3 is 2.78 bits per heavy atom. The highest BCUT2D eigenvalue weighted by molar-refractivity contribution is 5.88. The van der Waals surface area contributed by atoms with Gasteiger partial charge < -0.3 is 15.0 Å². The monoisotopic (exact) mass is 426 g/mol. The first-order valence-electron chi connectivity index (χ1n) is 10.8. The van der Waals surface area contributed by atoms with Crippen molar-refractivity contribution in [2.24, 2.45) is 0 Å². The lowest BCUT2D eigenvalue weighted by Crippen LogP contribution is -2.35. The molecule has 1 unspecified atom stereocenters. The molecule has 1 amide bonds. The molecule has 0 radical (unpaired) electrons. The maximum Gasteiger partial charge on any atom is 0.221 e. The van der Waals surface area contributed by atoms with Gasteiger partial charge in [-0.05, 0) is 59.5 Å². The molecular weight excluding hydrogens is 400 g/mol.